The third-order valence-electron chi connectivity index (χ3n) is 4.75. The van der Waals surface area contributed by atoms with E-state index in [1.165, 1.54) is 0 Å². The minimum absolute atomic E-state index is 0.128. The van der Waals surface area contributed by atoms with Crippen LogP contribution in [-0.2, 0) is 4.79 Å². The van der Waals surface area contributed by atoms with Crippen molar-refractivity contribution in [2.75, 3.05) is 66.5 Å². The number of likely N-dealkylation sites (N-methyl/N-ethyl adjacent to an activating group) is 1. The summed E-state index contributed by atoms with van der Waals surface area (Å²) in [6, 6.07) is 0. The van der Waals surface area contributed by atoms with Crippen LogP contribution in [0, 0.1) is 5.41 Å². The summed E-state index contributed by atoms with van der Waals surface area (Å²) in [6.07, 6.45) is 1.96. The van der Waals surface area contributed by atoms with Gasteiger partial charge in [-0.25, -0.2) is 0 Å². The van der Waals surface area contributed by atoms with Crippen LogP contribution in [0.4, 0.5) is 0 Å². The van der Waals surface area contributed by atoms with Gasteiger partial charge < -0.3 is 15.1 Å². The van der Waals surface area contributed by atoms with E-state index in [-0.39, 0.29) is 5.41 Å². The first-order chi connectivity index (χ1) is 9.51. The van der Waals surface area contributed by atoms with Crippen LogP contribution < -0.4 is 5.32 Å². The summed E-state index contributed by atoms with van der Waals surface area (Å²) in [5, 5.41) is 3.35. The highest BCUT2D eigenvalue weighted by Gasteiger charge is 2.38. The van der Waals surface area contributed by atoms with Gasteiger partial charge in [-0.3, -0.25) is 9.69 Å². The fourth-order valence-electron chi connectivity index (χ4n) is 3.09. The van der Waals surface area contributed by atoms with Crippen molar-refractivity contribution in [3.63, 3.8) is 0 Å². The molecular formula is C15H30N4O. The lowest BCUT2D eigenvalue weighted by atomic mass is 9.79. The Balaban J connectivity index is 1.79. The van der Waals surface area contributed by atoms with E-state index in [1.807, 2.05) is 0 Å². The first-order valence-electron chi connectivity index (χ1n) is 7.88. The van der Waals surface area contributed by atoms with E-state index >= 15 is 0 Å². The Bertz CT molecular complexity index is 318. The maximum atomic E-state index is 12.7. The van der Waals surface area contributed by atoms with Crippen LogP contribution in [0.5, 0.6) is 0 Å². The molecule has 0 saturated carbocycles. The topological polar surface area (TPSA) is 38.8 Å². The van der Waals surface area contributed by atoms with E-state index in [0.717, 1.165) is 65.2 Å². The van der Waals surface area contributed by atoms with Gasteiger partial charge in [-0.05, 0) is 40.0 Å². The third-order valence-corrected chi connectivity index (χ3v) is 4.75. The molecule has 0 aromatic heterocycles. The van der Waals surface area contributed by atoms with Crippen molar-refractivity contribution in [2.24, 2.45) is 5.41 Å². The van der Waals surface area contributed by atoms with Crippen LogP contribution in [0.25, 0.3) is 0 Å². The number of piperidine rings is 1. The molecule has 2 heterocycles. The molecule has 0 spiro atoms. The van der Waals surface area contributed by atoms with Gasteiger partial charge in [-0.2, -0.15) is 0 Å². The predicted molar refractivity (Wildman–Crippen MR) is 81.8 cm³/mol. The van der Waals surface area contributed by atoms with Gasteiger partial charge in [0.05, 0.1) is 0 Å². The maximum absolute atomic E-state index is 12.7. The van der Waals surface area contributed by atoms with E-state index in [1.54, 1.807) is 0 Å². The molecule has 5 heteroatoms. The molecule has 0 unspecified atom stereocenters. The average molecular weight is 282 g/mol. The van der Waals surface area contributed by atoms with Gasteiger partial charge in [0.25, 0.3) is 0 Å². The molecule has 2 aliphatic rings. The molecule has 2 saturated heterocycles. The maximum Gasteiger partial charge on any atom is 0.228 e. The molecule has 2 aliphatic heterocycles. The summed E-state index contributed by atoms with van der Waals surface area (Å²) in [6.45, 7) is 10.1. The molecule has 0 bridgehead atoms. The highest BCUT2D eigenvalue weighted by Crippen LogP contribution is 2.30. The van der Waals surface area contributed by atoms with Gasteiger partial charge in [0, 0.05) is 44.7 Å². The quantitative estimate of drug-likeness (QED) is 0.793. The zero-order valence-electron chi connectivity index (χ0n) is 13.3. The highest BCUT2D eigenvalue weighted by atomic mass is 16.2. The fraction of sp³-hybridized carbons (Fsp3) is 0.933. The van der Waals surface area contributed by atoms with Crippen LogP contribution in [0.3, 0.4) is 0 Å². The molecule has 116 valence electrons. The summed E-state index contributed by atoms with van der Waals surface area (Å²) < 4.78 is 0. The minimum atomic E-state index is -0.128. The fourth-order valence-corrected chi connectivity index (χ4v) is 3.09. The number of piperazine rings is 1. The Hall–Kier alpha value is -0.650. The number of nitrogens with zero attached hydrogens (tertiary/aromatic N) is 3. The summed E-state index contributed by atoms with van der Waals surface area (Å²) >= 11 is 0. The lowest BCUT2D eigenvalue weighted by Gasteiger charge is -2.41. The first kappa shape index (κ1) is 15.7. The number of rotatable bonds is 4. The van der Waals surface area contributed by atoms with E-state index in [9.17, 15) is 4.79 Å². The van der Waals surface area contributed by atoms with Crippen LogP contribution in [0.15, 0.2) is 0 Å². The Labute approximate surface area is 123 Å². The minimum Gasteiger partial charge on any atom is -0.340 e. The van der Waals surface area contributed by atoms with Crippen LogP contribution in [0.2, 0.25) is 0 Å². The standard InChI is InChI=1S/C15H30N4O/c1-15(4-6-16-7-5-15)14(20)19-12-10-18(11-13-19)9-8-17(2)3/h16H,4-13H2,1-3H3. The van der Waals surface area contributed by atoms with Gasteiger partial charge in [0.1, 0.15) is 0 Å². The first-order valence-corrected chi connectivity index (χ1v) is 7.88. The Morgan fingerprint density at radius 2 is 1.75 bits per heavy atom. The Morgan fingerprint density at radius 1 is 1.15 bits per heavy atom. The second-order valence-electron chi connectivity index (χ2n) is 6.75. The van der Waals surface area contributed by atoms with Crippen LogP contribution in [0.1, 0.15) is 19.8 Å². The lowest BCUT2D eigenvalue weighted by molar-refractivity contribution is -0.144. The van der Waals surface area contributed by atoms with Gasteiger partial charge in [0.2, 0.25) is 5.91 Å². The van der Waals surface area contributed by atoms with E-state index in [0.29, 0.717) is 5.91 Å². The van der Waals surface area contributed by atoms with E-state index < -0.39 is 0 Å². The lowest BCUT2D eigenvalue weighted by Crippen LogP contribution is -2.55. The van der Waals surface area contributed by atoms with Crippen LogP contribution >= 0.6 is 0 Å². The average Bonchev–Trinajstić information content (AvgIpc) is 2.45. The smallest absolute Gasteiger partial charge is 0.228 e. The van der Waals surface area contributed by atoms with Gasteiger partial charge in [-0.1, -0.05) is 6.92 Å². The monoisotopic (exact) mass is 282 g/mol. The summed E-state index contributed by atoms with van der Waals surface area (Å²) in [7, 11) is 4.22. The molecule has 0 aliphatic carbocycles. The molecule has 0 radical (unpaired) electrons. The number of carbonyl (C=O) groups excluding carboxylic acids is 1. The second-order valence-corrected chi connectivity index (χ2v) is 6.75. The molecule has 0 atom stereocenters. The molecule has 1 N–H and O–H groups in total. The normalized spacial score (nSPS) is 24.1. The Kier molecular flexibility index (Phi) is 5.41. The number of hydrogen-bond donors (Lipinski definition) is 1. The van der Waals surface area contributed by atoms with Gasteiger partial charge in [0.15, 0.2) is 0 Å². The van der Waals surface area contributed by atoms with Crippen molar-refractivity contribution in [3.8, 4) is 0 Å². The van der Waals surface area contributed by atoms with Crippen molar-refractivity contribution < 1.29 is 4.79 Å². The number of nitrogens with one attached hydrogen (secondary N) is 1. The van der Waals surface area contributed by atoms with Crippen molar-refractivity contribution in [1.29, 1.82) is 0 Å². The van der Waals surface area contributed by atoms with E-state index in [2.05, 4.69) is 41.0 Å². The molecular weight excluding hydrogens is 252 g/mol. The number of amides is 1. The van der Waals surface area contributed by atoms with Crippen molar-refractivity contribution in [3.05, 3.63) is 0 Å². The molecule has 1 amide bonds. The third kappa shape index (κ3) is 3.93. The molecule has 0 aromatic rings. The van der Waals surface area contributed by atoms with Gasteiger partial charge in [-0.15, -0.1) is 0 Å². The molecule has 2 fully saturated rings. The zero-order valence-corrected chi connectivity index (χ0v) is 13.3. The molecule has 20 heavy (non-hydrogen) atoms. The Morgan fingerprint density at radius 3 is 2.30 bits per heavy atom. The molecule has 5 nitrogen and oxygen atoms in total. The zero-order chi connectivity index (χ0) is 14.6. The number of hydrogen-bond acceptors (Lipinski definition) is 4. The van der Waals surface area contributed by atoms with Gasteiger partial charge >= 0.3 is 0 Å². The molecule has 2 rings (SSSR count). The summed E-state index contributed by atoms with van der Waals surface area (Å²) in [4.78, 5) is 19.5. The van der Waals surface area contributed by atoms with E-state index in [4.69, 9.17) is 0 Å². The largest absolute Gasteiger partial charge is 0.340 e. The SMILES string of the molecule is CN(C)CCN1CCN(C(=O)C2(C)CCNCC2)CC1. The molecule has 0 aromatic carbocycles. The van der Waals surface area contributed by atoms with Crippen molar-refractivity contribution in [1.82, 2.24) is 20.0 Å². The number of carbonyl (C=O) groups is 1. The highest BCUT2D eigenvalue weighted by molar-refractivity contribution is 5.82. The second kappa shape index (κ2) is 6.87. The predicted octanol–water partition coefficient (Wildman–Crippen LogP) is 0.0819. The van der Waals surface area contributed by atoms with Crippen molar-refractivity contribution >= 4 is 5.91 Å². The summed E-state index contributed by atoms with van der Waals surface area (Å²) in [5.41, 5.74) is -0.128. The van der Waals surface area contributed by atoms with Crippen molar-refractivity contribution in [2.45, 2.75) is 19.8 Å². The van der Waals surface area contributed by atoms with Crippen LogP contribution in [-0.4, -0.2) is 87.1 Å². The summed E-state index contributed by atoms with van der Waals surface area (Å²) in [5.74, 6) is 0.381.